The summed E-state index contributed by atoms with van der Waals surface area (Å²) in [6, 6.07) is 5.81. The number of amides is 1. The van der Waals surface area contributed by atoms with E-state index in [9.17, 15) is 9.18 Å². The van der Waals surface area contributed by atoms with Crippen LogP contribution in [0.1, 0.15) is 10.4 Å². The van der Waals surface area contributed by atoms with Gasteiger partial charge in [0.25, 0.3) is 5.91 Å². The van der Waals surface area contributed by atoms with Crippen molar-refractivity contribution in [3.63, 3.8) is 0 Å². The van der Waals surface area contributed by atoms with Gasteiger partial charge in [-0.1, -0.05) is 0 Å². The second-order valence-corrected chi connectivity index (χ2v) is 5.73. The maximum Gasteiger partial charge on any atom is 0.260 e. The molecule has 4 aromatic rings. The number of imidazole rings is 1. The third kappa shape index (κ3) is 3.58. The highest BCUT2D eigenvalue weighted by Gasteiger charge is 2.15. The van der Waals surface area contributed by atoms with Crippen LogP contribution in [0.5, 0.6) is 17.2 Å². The van der Waals surface area contributed by atoms with Gasteiger partial charge in [-0.2, -0.15) is 0 Å². The molecule has 0 aliphatic heterocycles. The highest BCUT2D eigenvalue weighted by atomic mass is 19.1. The van der Waals surface area contributed by atoms with E-state index < -0.39 is 11.7 Å². The molecule has 4 heterocycles. The van der Waals surface area contributed by atoms with Crippen molar-refractivity contribution in [1.29, 1.82) is 0 Å². The van der Waals surface area contributed by atoms with Crippen LogP contribution in [-0.4, -0.2) is 32.4 Å². The molecular weight excluding hydrogens is 365 g/mol. The van der Waals surface area contributed by atoms with Crippen molar-refractivity contribution >= 4 is 17.4 Å². The lowest BCUT2D eigenvalue weighted by Gasteiger charge is -2.10. The van der Waals surface area contributed by atoms with E-state index in [1.165, 1.54) is 25.4 Å². The summed E-state index contributed by atoms with van der Waals surface area (Å²) in [6.07, 6.45) is 9.06. The van der Waals surface area contributed by atoms with Crippen molar-refractivity contribution in [2.75, 3.05) is 12.4 Å². The number of hydrogen-bond acceptors (Lipinski definition) is 6. The number of rotatable bonds is 5. The molecule has 1 amide bonds. The number of halogens is 1. The molecule has 0 aliphatic rings. The van der Waals surface area contributed by atoms with Crippen LogP contribution in [0.2, 0.25) is 0 Å². The molecule has 0 unspecified atom stereocenters. The second kappa shape index (κ2) is 7.31. The van der Waals surface area contributed by atoms with Crippen molar-refractivity contribution in [2.24, 2.45) is 0 Å². The first-order valence-corrected chi connectivity index (χ1v) is 8.19. The summed E-state index contributed by atoms with van der Waals surface area (Å²) in [4.78, 5) is 24.8. The summed E-state index contributed by atoms with van der Waals surface area (Å²) < 4.78 is 25.6. The predicted octanol–water partition coefficient (Wildman–Crippen LogP) is 3.32. The highest BCUT2D eigenvalue weighted by molar-refractivity contribution is 6.08. The van der Waals surface area contributed by atoms with E-state index in [1.807, 2.05) is 0 Å². The molecule has 0 fully saturated rings. The van der Waals surface area contributed by atoms with Gasteiger partial charge in [-0.25, -0.2) is 14.4 Å². The summed E-state index contributed by atoms with van der Waals surface area (Å²) in [7, 11) is 1.53. The number of aromatic nitrogens is 4. The van der Waals surface area contributed by atoms with Gasteiger partial charge in [0, 0.05) is 18.5 Å². The number of anilines is 1. The quantitative estimate of drug-likeness (QED) is 0.572. The number of nitrogens with zero attached hydrogens (tertiary/aromatic N) is 4. The summed E-state index contributed by atoms with van der Waals surface area (Å²) in [6.45, 7) is 0. The van der Waals surface area contributed by atoms with Crippen molar-refractivity contribution < 1.29 is 18.7 Å². The van der Waals surface area contributed by atoms with E-state index in [0.717, 1.165) is 6.20 Å². The molecule has 4 aromatic heterocycles. The van der Waals surface area contributed by atoms with Crippen molar-refractivity contribution in [1.82, 2.24) is 19.4 Å². The van der Waals surface area contributed by atoms with Gasteiger partial charge in [0.15, 0.2) is 0 Å². The Morgan fingerprint density at radius 1 is 1.11 bits per heavy atom. The van der Waals surface area contributed by atoms with Crippen LogP contribution in [0.3, 0.4) is 0 Å². The molecule has 28 heavy (non-hydrogen) atoms. The van der Waals surface area contributed by atoms with Gasteiger partial charge < -0.3 is 19.2 Å². The smallest absolute Gasteiger partial charge is 0.260 e. The van der Waals surface area contributed by atoms with Crippen LogP contribution in [0.15, 0.2) is 61.4 Å². The van der Waals surface area contributed by atoms with Crippen molar-refractivity contribution in [3.8, 4) is 17.2 Å². The molecular formula is C19H14FN5O3. The standard InChI is InChI=1S/C19H14FN5O3/c1-27-13-6-14(10-21-9-13)28-15-7-16(18-22-4-5-25(18)11-15)19(26)24-17-3-2-12(20)8-23-17/h2-11H,1H3,(H,23,24,26). The van der Waals surface area contributed by atoms with E-state index in [4.69, 9.17) is 9.47 Å². The number of pyridine rings is 3. The molecule has 0 saturated carbocycles. The highest BCUT2D eigenvalue weighted by Crippen LogP contribution is 2.26. The molecule has 0 saturated heterocycles. The Balaban J connectivity index is 1.66. The third-order valence-electron chi connectivity index (χ3n) is 3.84. The largest absolute Gasteiger partial charge is 0.495 e. The fourth-order valence-electron chi connectivity index (χ4n) is 2.57. The average Bonchev–Trinajstić information content (AvgIpc) is 3.18. The summed E-state index contributed by atoms with van der Waals surface area (Å²) in [5.41, 5.74) is 0.709. The summed E-state index contributed by atoms with van der Waals surface area (Å²) in [5, 5.41) is 2.62. The second-order valence-electron chi connectivity index (χ2n) is 5.73. The maximum absolute atomic E-state index is 13.0. The first-order chi connectivity index (χ1) is 13.6. The van der Waals surface area contributed by atoms with Gasteiger partial charge in [-0.15, -0.1) is 0 Å². The maximum atomic E-state index is 13.0. The number of fused-ring (bicyclic) bond motifs is 1. The zero-order valence-corrected chi connectivity index (χ0v) is 14.7. The van der Waals surface area contributed by atoms with Gasteiger partial charge in [0.1, 0.15) is 34.5 Å². The lowest BCUT2D eigenvalue weighted by molar-refractivity contribution is 0.102. The Kier molecular flexibility index (Phi) is 4.55. The van der Waals surface area contributed by atoms with Gasteiger partial charge in [0.05, 0.1) is 37.5 Å². The SMILES string of the molecule is COc1cncc(Oc2cc(C(=O)Nc3ccc(F)cn3)c3nccn3c2)c1. The molecule has 1 N–H and O–H groups in total. The lowest BCUT2D eigenvalue weighted by Crippen LogP contribution is -2.14. The van der Waals surface area contributed by atoms with Crippen LogP contribution in [0.25, 0.3) is 5.65 Å². The Morgan fingerprint density at radius 3 is 2.75 bits per heavy atom. The Bertz CT molecular complexity index is 1140. The molecule has 4 rings (SSSR count). The Morgan fingerprint density at radius 2 is 1.96 bits per heavy atom. The van der Waals surface area contributed by atoms with E-state index in [-0.39, 0.29) is 11.4 Å². The van der Waals surface area contributed by atoms with E-state index >= 15 is 0 Å². The van der Waals surface area contributed by atoms with Gasteiger partial charge in [-0.05, 0) is 18.2 Å². The number of hydrogen-bond donors (Lipinski definition) is 1. The fraction of sp³-hybridized carbons (Fsp3) is 0.0526. The zero-order chi connectivity index (χ0) is 19.5. The first kappa shape index (κ1) is 17.4. The Hall–Kier alpha value is -4.01. The van der Waals surface area contributed by atoms with Gasteiger partial charge >= 0.3 is 0 Å². The molecule has 8 nitrogen and oxygen atoms in total. The number of methoxy groups -OCH3 is 1. The summed E-state index contributed by atoms with van der Waals surface area (Å²) >= 11 is 0. The van der Waals surface area contributed by atoms with E-state index in [2.05, 4.69) is 20.3 Å². The molecule has 0 aliphatic carbocycles. The minimum absolute atomic E-state index is 0.222. The topological polar surface area (TPSA) is 90.6 Å². The van der Waals surface area contributed by atoms with Gasteiger partial charge in [-0.3, -0.25) is 9.78 Å². The van der Waals surface area contributed by atoms with Crippen molar-refractivity contribution in [3.05, 3.63) is 72.8 Å². The molecule has 0 spiro atoms. The van der Waals surface area contributed by atoms with Crippen LogP contribution in [0, 0.1) is 5.82 Å². The predicted molar refractivity (Wildman–Crippen MR) is 98.2 cm³/mol. The molecule has 9 heteroatoms. The van der Waals surface area contributed by atoms with Gasteiger partial charge in [0.2, 0.25) is 0 Å². The van der Waals surface area contributed by atoms with E-state index in [0.29, 0.717) is 22.9 Å². The third-order valence-corrected chi connectivity index (χ3v) is 3.84. The number of nitrogens with one attached hydrogen (secondary N) is 1. The van der Waals surface area contributed by atoms with Crippen LogP contribution >= 0.6 is 0 Å². The minimum Gasteiger partial charge on any atom is -0.495 e. The zero-order valence-electron chi connectivity index (χ0n) is 14.7. The summed E-state index contributed by atoms with van der Waals surface area (Å²) in [5.74, 6) is 0.671. The fourth-order valence-corrected chi connectivity index (χ4v) is 2.57. The number of carbonyl (C=O) groups is 1. The van der Waals surface area contributed by atoms with E-state index in [1.54, 1.807) is 41.3 Å². The van der Waals surface area contributed by atoms with Crippen LogP contribution in [0.4, 0.5) is 10.2 Å². The average molecular weight is 379 g/mol. The molecule has 0 atom stereocenters. The first-order valence-electron chi connectivity index (χ1n) is 8.19. The molecule has 0 bridgehead atoms. The number of carbonyl (C=O) groups excluding carboxylic acids is 1. The molecule has 140 valence electrons. The number of ether oxygens (including phenoxy) is 2. The molecule has 0 radical (unpaired) electrons. The van der Waals surface area contributed by atoms with Crippen molar-refractivity contribution in [2.45, 2.75) is 0 Å². The Labute approximate surface area is 158 Å². The van der Waals surface area contributed by atoms with Crippen LogP contribution < -0.4 is 14.8 Å². The minimum atomic E-state index is -0.490. The normalized spacial score (nSPS) is 10.6. The lowest BCUT2D eigenvalue weighted by atomic mass is 10.2. The monoisotopic (exact) mass is 379 g/mol. The molecule has 0 aromatic carbocycles. The van der Waals surface area contributed by atoms with Crippen LogP contribution in [-0.2, 0) is 0 Å².